The molecular weight excluding hydrogens is 394 g/mol. The third-order valence-electron chi connectivity index (χ3n) is 4.02. The van der Waals surface area contributed by atoms with E-state index in [-0.39, 0.29) is 0 Å². The van der Waals surface area contributed by atoms with Crippen molar-refractivity contribution in [3.8, 4) is 0 Å². The van der Waals surface area contributed by atoms with Crippen molar-refractivity contribution >= 4 is 51.0 Å². The van der Waals surface area contributed by atoms with Crippen molar-refractivity contribution < 1.29 is 0 Å². The van der Waals surface area contributed by atoms with Crippen LogP contribution < -0.4 is 10.3 Å². The summed E-state index contributed by atoms with van der Waals surface area (Å²) in [6.07, 6.45) is 1.85. The van der Waals surface area contributed by atoms with E-state index in [0.717, 1.165) is 15.7 Å². The van der Waals surface area contributed by atoms with Crippen molar-refractivity contribution in [2.24, 2.45) is 5.10 Å². The topological polar surface area (TPSA) is 27.6 Å². The molecule has 3 aromatic carbocycles. The molecule has 3 nitrogen and oxygen atoms in total. The van der Waals surface area contributed by atoms with Gasteiger partial charge in [0.15, 0.2) is 0 Å². The molecule has 0 unspecified atom stereocenters. The maximum atomic E-state index is 4.35. The maximum Gasteiger partial charge on any atom is 0.0573 e. The van der Waals surface area contributed by atoms with Crippen molar-refractivity contribution in [1.82, 2.24) is 0 Å². The van der Waals surface area contributed by atoms with Crippen LogP contribution in [0.2, 0.25) is 0 Å². The molecule has 1 aliphatic rings. The molecule has 0 bridgehead atoms. The third-order valence-corrected chi connectivity index (χ3v) is 5.63. The Morgan fingerprint density at radius 3 is 2.68 bits per heavy atom. The van der Waals surface area contributed by atoms with E-state index in [9.17, 15) is 0 Å². The molecule has 1 aliphatic heterocycles. The molecule has 1 heterocycles. The van der Waals surface area contributed by atoms with Gasteiger partial charge in [-0.3, -0.25) is 5.43 Å². The highest BCUT2D eigenvalue weighted by atomic mass is 79.9. The molecule has 0 fully saturated rings. The van der Waals surface area contributed by atoms with Crippen LogP contribution in [0.5, 0.6) is 0 Å². The van der Waals surface area contributed by atoms with Gasteiger partial charge in [0.2, 0.25) is 0 Å². The zero-order chi connectivity index (χ0) is 17.2. The summed E-state index contributed by atoms with van der Waals surface area (Å²) in [5, 5.41) is 4.35. The molecule has 5 heteroatoms. The minimum absolute atomic E-state index is 0.951. The van der Waals surface area contributed by atoms with E-state index in [1.165, 1.54) is 21.2 Å². The minimum atomic E-state index is 0.951. The van der Waals surface area contributed by atoms with Crippen LogP contribution in [0.15, 0.2) is 86.1 Å². The Kier molecular flexibility index (Phi) is 4.51. The summed E-state index contributed by atoms with van der Waals surface area (Å²) < 4.78 is 1.03. The Hall–Kier alpha value is -2.24. The summed E-state index contributed by atoms with van der Waals surface area (Å²) in [5.74, 6) is 0. The fourth-order valence-corrected chi connectivity index (χ4v) is 4.37. The van der Waals surface area contributed by atoms with Gasteiger partial charge in [-0.1, -0.05) is 52.0 Å². The van der Waals surface area contributed by atoms with Crippen molar-refractivity contribution in [1.29, 1.82) is 0 Å². The van der Waals surface area contributed by atoms with Gasteiger partial charge in [0.1, 0.15) is 0 Å². The van der Waals surface area contributed by atoms with Crippen molar-refractivity contribution in [2.45, 2.75) is 9.79 Å². The normalized spacial score (nSPS) is 12.8. The number of halogens is 1. The second kappa shape index (κ2) is 6.94. The lowest BCUT2D eigenvalue weighted by Crippen LogP contribution is -2.14. The van der Waals surface area contributed by atoms with E-state index in [0.29, 0.717) is 0 Å². The summed E-state index contributed by atoms with van der Waals surface area (Å²) in [5.41, 5.74) is 7.55. The summed E-state index contributed by atoms with van der Waals surface area (Å²) in [6, 6.07) is 22.8. The predicted octanol–water partition coefficient (Wildman–Crippen LogP) is 6.13. The fraction of sp³-hybridized carbons (Fsp3) is 0.0500. The first-order valence-corrected chi connectivity index (χ1v) is 9.51. The molecule has 3 aromatic rings. The van der Waals surface area contributed by atoms with E-state index in [2.05, 4.69) is 80.9 Å². The summed E-state index contributed by atoms with van der Waals surface area (Å²) in [7, 11) is 2.11. The van der Waals surface area contributed by atoms with E-state index >= 15 is 0 Å². The quantitative estimate of drug-likeness (QED) is 0.416. The molecule has 0 spiro atoms. The Balaban J connectivity index is 1.55. The van der Waals surface area contributed by atoms with Crippen LogP contribution in [-0.4, -0.2) is 13.3 Å². The van der Waals surface area contributed by atoms with Crippen molar-refractivity contribution in [2.75, 3.05) is 17.4 Å². The van der Waals surface area contributed by atoms with Crippen LogP contribution in [0.1, 0.15) is 5.56 Å². The number of hydrazone groups is 1. The molecule has 124 valence electrons. The van der Waals surface area contributed by atoms with Crippen LogP contribution in [0.4, 0.5) is 17.1 Å². The molecule has 0 saturated carbocycles. The highest BCUT2D eigenvalue weighted by molar-refractivity contribution is 9.10. The molecule has 0 radical (unpaired) electrons. The van der Waals surface area contributed by atoms with Gasteiger partial charge in [0, 0.05) is 21.3 Å². The van der Waals surface area contributed by atoms with Gasteiger partial charge in [0.25, 0.3) is 0 Å². The number of hydrogen-bond acceptors (Lipinski definition) is 4. The Morgan fingerprint density at radius 1 is 0.960 bits per heavy atom. The molecule has 1 N–H and O–H groups in total. The van der Waals surface area contributed by atoms with Crippen LogP contribution >= 0.6 is 27.7 Å². The number of anilines is 3. The van der Waals surface area contributed by atoms with Crippen LogP contribution in [0, 0.1) is 0 Å². The van der Waals surface area contributed by atoms with Crippen LogP contribution in [0.3, 0.4) is 0 Å². The number of nitrogens with zero attached hydrogens (tertiary/aromatic N) is 2. The molecule has 4 rings (SSSR count). The summed E-state index contributed by atoms with van der Waals surface area (Å²) in [6.45, 7) is 0. The SMILES string of the molecule is CN1c2ccccc2Sc2cc(/C=N/Nc3cccc(Br)c3)ccc21. The highest BCUT2D eigenvalue weighted by Gasteiger charge is 2.20. The lowest BCUT2D eigenvalue weighted by molar-refractivity contribution is 1.11. The van der Waals surface area contributed by atoms with Gasteiger partial charge in [-0.2, -0.15) is 5.10 Å². The van der Waals surface area contributed by atoms with Gasteiger partial charge in [-0.25, -0.2) is 0 Å². The summed E-state index contributed by atoms with van der Waals surface area (Å²) in [4.78, 5) is 4.76. The van der Waals surface area contributed by atoms with Crippen molar-refractivity contribution in [3.05, 3.63) is 76.8 Å². The first-order chi connectivity index (χ1) is 12.2. The summed E-state index contributed by atoms with van der Waals surface area (Å²) >= 11 is 5.26. The lowest BCUT2D eigenvalue weighted by atomic mass is 10.2. The Labute approximate surface area is 159 Å². The molecule has 0 atom stereocenters. The second-order valence-electron chi connectivity index (χ2n) is 5.74. The van der Waals surface area contributed by atoms with Crippen molar-refractivity contribution in [3.63, 3.8) is 0 Å². The predicted molar refractivity (Wildman–Crippen MR) is 110 cm³/mol. The standard InChI is InChI=1S/C20H16BrN3S/c1-24-17-7-2-3-8-19(17)25-20-11-14(9-10-18(20)24)13-22-23-16-6-4-5-15(21)12-16/h2-13,23H,1H3/b22-13+. The fourth-order valence-electron chi connectivity index (χ4n) is 2.78. The largest absolute Gasteiger partial charge is 0.343 e. The van der Waals surface area contributed by atoms with E-state index in [1.807, 2.05) is 30.5 Å². The minimum Gasteiger partial charge on any atom is -0.343 e. The first-order valence-electron chi connectivity index (χ1n) is 7.90. The number of para-hydroxylation sites is 1. The van der Waals surface area contributed by atoms with Gasteiger partial charge < -0.3 is 4.90 Å². The molecular formula is C20H16BrN3S. The maximum absolute atomic E-state index is 4.35. The zero-order valence-corrected chi connectivity index (χ0v) is 16.0. The number of benzene rings is 3. The molecule has 0 amide bonds. The zero-order valence-electron chi connectivity index (χ0n) is 13.6. The van der Waals surface area contributed by atoms with Gasteiger partial charge >= 0.3 is 0 Å². The monoisotopic (exact) mass is 409 g/mol. The number of fused-ring (bicyclic) bond motifs is 2. The Morgan fingerprint density at radius 2 is 1.80 bits per heavy atom. The Bertz CT molecular complexity index is 955. The molecule has 0 saturated heterocycles. The average Bonchev–Trinajstić information content (AvgIpc) is 2.62. The van der Waals surface area contributed by atoms with E-state index in [4.69, 9.17) is 0 Å². The van der Waals surface area contributed by atoms with Crippen LogP contribution in [-0.2, 0) is 0 Å². The number of hydrogen-bond donors (Lipinski definition) is 1. The number of nitrogens with one attached hydrogen (secondary N) is 1. The van der Waals surface area contributed by atoms with Gasteiger partial charge in [-0.15, -0.1) is 0 Å². The first kappa shape index (κ1) is 16.2. The molecule has 25 heavy (non-hydrogen) atoms. The second-order valence-corrected chi connectivity index (χ2v) is 7.74. The lowest BCUT2D eigenvalue weighted by Gasteiger charge is -2.29. The smallest absolute Gasteiger partial charge is 0.0573 e. The van der Waals surface area contributed by atoms with Crippen LogP contribution in [0.25, 0.3) is 0 Å². The van der Waals surface area contributed by atoms with E-state index in [1.54, 1.807) is 11.8 Å². The van der Waals surface area contributed by atoms with Gasteiger partial charge in [-0.05, 0) is 48.0 Å². The van der Waals surface area contributed by atoms with Gasteiger partial charge in [0.05, 0.1) is 23.3 Å². The number of rotatable bonds is 3. The molecule has 0 aromatic heterocycles. The van der Waals surface area contributed by atoms with E-state index < -0.39 is 0 Å². The average molecular weight is 410 g/mol. The third kappa shape index (κ3) is 3.43. The molecule has 0 aliphatic carbocycles. The highest BCUT2D eigenvalue weighted by Crippen LogP contribution is 2.47.